The summed E-state index contributed by atoms with van der Waals surface area (Å²) >= 11 is 1.49. The molecule has 2 fully saturated rings. The standard InChI is InChI=1S/C20H17N3O2S/c24-18-7-8-20(22-18)11-23(12-20)19(25)14-3-1-13(2-4-14)15-5-6-16-10-21-26-17(16)9-15/h1-6,9-10H,7-8,11-12H2,(H,22,24). The van der Waals surface area contributed by atoms with E-state index < -0.39 is 0 Å². The van der Waals surface area contributed by atoms with Crippen LogP contribution in [0.4, 0.5) is 0 Å². The van der Waals surface area contributed by atoms with Crippen LogP contribution in [0.3, 0.4) is 0 Å². The maximum Gasteiger partial charge on any atom is 0.254 e. The minimum atomic E-state index is -0.170. The summed E-state index contributed by atoms with van der Waals surface area (Å²) in [5.41, 5.74) is 2.72. The van der Waals surface area contributed by atoms with Crippen molar-refractivity contribution in [1.82, 2.24) is 14.6 Å². The minimum absolute atomic E-state index is 0.0289. The van der Waals surface area contributed by atoms with Crippen LogP contribution >= 0.6 is 11.5 Å². The summed E-state index contributed by atoms with van der Waals surface area (Å²) in [5, 5.41) is 4.16. The monoisotopic (exact) mass is 363 g/mol. The molecule has 0 bridgehead atoms. The number of nitrogens with zero attached hydrogens (tertiary/aromatic N) is 2. The molecule has 2 saturated heterocycles. The van der Waals surface area contributed by atoms with Crippen LogP contribution in [-0.2, 0) is 4.79 Å². The first kappa shape index (κ1) is 15.5. The zero-order valence-electron chi connectivity index (χ0n) is 14.1. The number of aromatic nitrogens is 1. The Hall–Kier alpha value is -2.73. The molecule has 1 N–H and O–H groups in total. The molecule has 1 aromatic heterocycles. The highest BCUT2D eigenvalue weighted by Gasteiger charge is 2.49. The highest BCUT2D eigenvalue weighted by molar-refractivity contribution is 7.13. The Balaban J connectivity index is 1.32. The Bertz CT molecular complexity index is 1020. The molecule has 2 amide bonds. The van der Waals surface area contributed by atoms with E-state index in [1.807, 2.05) is 35.4 Å². The van der Waals surface area contributed by atoms with Gasteiger partial charge >= 0.3 is 0 Å². The van der Waals surface area contributed by atoms with E-state index in [2.05, 4.69) is 27.9 Å². The topological polar surface area (TPSA) is 62.3 Å². The Morgan fingerprint density at radius 1 is 1.12 bits per heavy atom. The number of likely N-dealkylation sites (tertiary alicyclic amines) is 1. The number of hydrogen-bond acceptors (Lipinski definition) is 4. The Morgan fingerprint density at radius 2 is 1.88 bits per heavy atom. The molecule has 1 spiro atoms. The first-order valence-electron chi connectivity index (χ1n) is 8.67. The van der Waals surface area contributed by atoms with Crippen molar-refractivity contribution in [2.45, 2.75) is 18.4 Å². The fourth-order valence-corrected chi connectivity index (χ4v) is 4.55. The smallest absolute Gasteiger partial charge is 0.254 e. The van der Waals surface area contributed by atoms with Crippen molar-refractivity contribution in [3.8, 4) is 11.1 Å². The lowest BCUT2D eigenvalue weighted by Crippen LogP contribution is -2.68. The summed E-state index contributed by atoms with van der Waals surface area (Å²) in [7, 11) is 0. The van der Waals surface area contributed by atoms with Gasteiger partial charge in [-0.2, -0.15) is 4.37 Å². The van der Waals surface area contributed by atoms with Crippen LogP contribution in [0.1, 0.15) is 23.2 Å². The summed E-state index contributed by atoms with van der Waals surface area (Å²) < 4.78 is 5.37. The molecule has 130 valence electrons. The van der Waals surface area contributed by atoms with Crippen LogP contribution in [0, 0.1) is 0 Å². The second-order valence-electron chi connectivity index (χ2n) is 7.15. The van der Waals surface area contributed by atoms with E-state index in [0.29, 0.717) is 25.1 Å². The van der Waals surface area contributed by atoms with Gasteiger partial charge in [0.05, 0.1) is 10.2 Å². The second kappa shape index (κ2) is 5.64. The third-order valence-corrected chi connectivity index (χ3v) is 6.09. The third kappa shape index (κ3) is 2.49. The van der Waals surface area contributed by atoms with Crippen LogP contribution in [0.25, 0.3) is 21.2 Å². The van der Waals surface area contributed by atoms with E-state index >= 15 is 0 Å². The van der Waals surface area contributed by atoms with Crippen molar-refractivity contribution in [2.24, 2.45) is 0 Å². The molecule has 0 unspecified atom stereocenters. The zero-order chi connectivity index (χ0) is 17.7. The van der Waals surface area contributed by atoms with Crippen molar-refractivity contribution in [1.29, 1.82) is 0 Å². The third-order valence-electron chi connectivity index (χ3n) is 5.33. The lowest BCUT2D eigenvalue weighted by molar-refractivity contribution is -0.120. The van der Waals surface area contributed by atoms with Crippen molar-refractivity contribution < 1.29 is 9.59 Å². The number of benzene rings is 2. The molecule has 3 heterocycles. The molecule has 0 aliphatic carbocycles. The van der Waals surface area contributed by atoms with Gasteiger partial charge in [0, 0.05) is 36.7 Å². The molecule has 6 heteroatoms. The number of nitrogens with one attached hydrogen (secondary N) is 1. The summed E-state index contributed by atoms with van der Waals surface area (Å²) in [6.45, 7) is 1.22. The maximum absolute atomic E-state index is 12.6. The molecule has 5 rings (SSSR count). The average Bonchev–Trinajstić information content (AvgIpc) is 3.26. The summed E-state index contributed by atoms with van der Waals surface area (Å²) in [6, 6.07) is 14.0. The van der Waals surface area contributed by atoms with Gasteiger partial charge in [-0.1, -0.05) is 24.3 Å². The number of hydrogen-bond donors (Lipinski definition) is 1. The van der Waals surface area contributed by atoms with Gasteiger partial charge in [-0.15, -0.1) is 0 Å². The molecule has 26 heavy (non-hydrogen) atoms. The first-order valence-corrected chi connectivity index (χ1v) is 9.44. The molecule has 3 aromatic rings. The molecule has 0 atom stereocenters. The average molecular weight is 363 g/mol. The van der Waals surface area contributed by atoms with Crippen LogP contribution < -0.4 is 5.32 Å². The van der Waals surface area contributed by atoms with Crippen LogP contribution in [0.5, 0.6) is 0 Å². The SMILES string of the molecule is O=C1CCC2(CN(C(=O)c3ccc(-c4ccc5cnsc5c4)cc3)C2)N1. The van der Waals surface area contributed by atoms with E-state index in [1.54, 1.807) is 0 Å². The van der Waals surface area contributed by atoms with E-state index in [4.69, 9.17) is 0 Å². The molecular weight excluding hydrogens is 346 g/mol. The highest BCUT2D eigenvalue weighted by atomic mass is 32.1. The largest absolute Gasteiger partial charge is 0.347 e. The van der Waals surface area contributed by atoms with Gasteiger partial charge in [0.15, 0.2) is 0 Å². The quantitative estimate of drug-likeness (QED) is 0.761. The van der Waals surface area contributed by atoms with Crippen LogP contribution in [0.15, 0.2) is 48.7 Å². The van der Waals surface area contributed by atoms with Gasteiger partial charge in [0.25, 0.3) is 5.91 Å². The molecule has 5 nitrogen and oxygen atoms in total. The Labute approximate surface area is 154 Å². The molecule has 0 radical (unpaired) electrons. The predicted molar refractivity (Wildman–Crippen MR) is 101 cm³/mol. The van der Waals surface area contributed by atoms with Gasteiger partial charge in [0.2, 0.25) is 5.91 Å². The van der Waals surface area contributed by atoms with Gasteiger partial charge in [-0.3, -0.25) is 9.59 Å². The Kier molecular flexibility index (Phi) is 3.37. The van der Waals surface area contributed by atoms with Gasteiger partial charge in [-0.25, -0.2) is 0 Å². The zero-order valence-corrected chi connectivity index (χ0v) is 14.9. The number of carbonyl (C=O) groups is 2. The van der Waals surface area contributed by atoms with Gasteiger partial charge in [0.1, 0.15) is 0 Å². The highest BCUT2D eigenvalue weighted by Crippen LogP contribution is 2.32. The van der Waals surface area contributed by atoms with Crippen LogP contribution in [0.2, 0.25) is 0 Å². The Morgan fingerprint density at radius 3 is 2.62 bits per heavy atom. The molecule has 2 aliphatic heterocycles. The minimum Gasteiger partial charge on any atom is -0.347 e. The van der Waals surface area contributed by atoms with E-state index in [-0.39, 0.29) is 17.4 Å². The van der Waals surface area contributed by atoms with E-state index in [1.165, 1.54) is 11.5 Å². The van der Waals surface area contributed by atoms with E-state index in [9.17, 15) is 9.59 Å². The second-order valence-corrected chi connectivity index (χ2v) is 7.98. The fraction of sp³-hybridized carbons (Fsp3) is 0.250. The lowest BCUT2D eigenvalue weighted by atomic mass is 9.87. The molecule has 2 aliphatic rings. The summed E-state index contributed by atoms with van der Waals surface area (Å²) in [4.78, 5) is 25.9. The normalized spacial score (nSPS) is 18.2. The summed E-state index contributed by atoms with van der Waals surface area (Å²) in [6.07, 6.45) is 3.27. The molecule has 2 aromatic carbocycles. The first-order chi connectivity index (χ1) is 12.6. The van der Waals surface area contributed by atoms with Crippen molar-refractivity contribution in [3.63, 3.8) is 0 Å². The van der Waals surface area contributed by atoms with Gasteiger partial charge in [-0.05, 0) is 47.3 Å². The lowest BCUT2D eigenvalue weighted by Gasteiger charge is -2.47. The van der Waals surface area contributed by atoms with Crippen LogP contribution in [-0.4, -0.2) is 39.7 Å². The predicted octanol–water partition coefficient (Wildman–Crippen LogP) is 3.07. The molecule has 0 saturated carbocycles. The maximum atomic E-state index is 12.6. The number of rotatable bonds is 2. The van der Waals surface area contributed by atoms with Crippen molar-refractivity contribution in [2.75, 3.05) is 13.1 Å². The van der Waals surface area contributed by atoms with Gasteiger partial charge < -0.3 is 10.2 Å². The molecular formula is C20H17N3O2S. The number of carbonyl (C=O) groups excluding carboxylic acids is 2. The van der Waals surface area contributed by atoms with E-state index in [0.717, 1.165) is 27.6 Å². The van der Waals surface area contributed by atoms with Crippen molar-refractivity contribution >= 4 is 33.4 Å². The van der Waals surface area contributed by atoms with Crippen molar-refractivity contribution in [3.05, 3.63) is 54.2 Å². The number of fused-ring (bicyclic) bond motifs is 1. The fourth-order valence-electron chi connectivity index (χ4n) is 3.87. The number of amides is 2. The summed E-state index contributed by atoms with van der Waals surface area (Å²) in [5.74, 6) is 0.126.